The molecule has 1 aromatic rings. The van der Waals surface area contributed by atoms with Crippen LogP contribution >= 0.6 is 0 Å². The van der Waals surface area contributed by atoms with Crippen LogP contribution in [0.25, 0.3) is 0 Å². The third-order valence-corrected chi connectivity index (χ3v) is 7.09. The third kappa shape index (κ3) is 4.04. The summed E-state index contributed by atoms with van der Waals surface area (Å²) >= 11 is 0. The molecule has 10 heteroatoms. The predicted molar refractivity (Wildman–Crippen MR) is 96.2 cm³/mol. The SMILES string of the molecule is C#CCCC1(CCC(=O)N2CCN(S(=O)(=O)c3c(C)noc3C)CC2)N=N1. The van der Waals surface area contributed by atoms with Crippen molar-refractivity contribution in [2.75, 3.05) is 26.2 Å². The largest absolute Gasteiger partial charge is 0.360 e. The van der Waals surface area contributed by atoms with Gasteiger partial charge in [-0.1, -0.05) is 5.16 Å². The van der Waals surface area contributed by atoms with Crippen LogP contribution in [-0.2, 0) is 14.8 Å². The number of carbonyl (C=O) groups is 1. The van der Waals surface area contributed by atoms with Gasteiger partial charge in [-0.25, -0.2) is 8.42 Å². The Morgan fingerprint density at radius 2 is 1.89 bits per heavy atom. The summed E-state index contributed by atoms with van der Waals surface area (Å²) < 4.78 is 32.0. The van der Waals surface area contributed by atoms with Crippen molar-refractivity contribution in [2.45, 2.75) is 50.1 Å². The summed E-state index contributed by atoms with van der Waals surface area (Å²) in [5, 5.41) is 11.8. The highest BCUT2D eigenvalue weighted by atomic mass is 32.2. The molecule has 9 nitrogen and oxygen atoms in total. The van der Waals surface area contributed by atoms with Gasteiger partial charge < -0.3 is 9.42 Å². The first kappa shape index (κ1) is 19.5. The molecule has 0 aliphatic carbocycles. The van der Waals surface area contributed by atoms with Gasteiger partial charge in [0.25, 0.3) is 0 Å². The number of aryl methyl sites for hydroxylation is 2. The van der Waals surface area contributed by atoms with E-state index in [1.807, 2.05) is 0 Å². The van der Waals surface area contributed by atoms with E-state index in [0.717, 1.165) is 0 Å². The van der Waals surface area contributed by atoms with Crippen LogP contribution in [-0.4, -0.2) is 60.5 Å². The zero-order valence-electron chi connectivity index (χ0n) is 15.5. The summed E-state index contributed by atoms with van der Waals surface area (Å²) in [7, 11) is -3.67. The maximum absolute atomic E-state index is 12.8. The van der Waals surface area contributed by atoms with Crippen molar-refractivity contribution in [3.63, 3.8) is 0 Å². The molecule has 0 atom stereocenters. The van der Waals surface area contributed by atoms with E-state index in [9.17, 15) is 13.2 Å². The van der Waals surface area contributed by atoms with Crippen molar-refractivity contribution >= 4 is 15.9 Å². The van der Waals surface area contributed by atoms with Gasteiger partial charge in [0.15, 0.2) is 11.4 Å². The lowest BCUT2D eigenvalue weighted by Crippen LogP contribution is -2.50. The van der Waals surface area contributed by atoms with E-state index >= 15 is 0 Å². The van der Waals surface area contributed by atoms with Crippen LogP contribution in [0.3, 0.4) is 0 Å². The summed E-state index contributed by atoms with van der Waals surface area (Å²) in [6.45, 7) is 4.38. The minimum atomic E-state index is -3.67. The first-order chi connectivity index (χ1) is 12.8. The molecule has 27 heavy (non-hydrogen) atoms. The van der Waals surface area contributed by atoms with Gasteiger partial charge in [0.05, 0.1) is 0 Å². The van der Waals surface area contributed by atoms with Gasteiger partial charge in [0.2, 0.25) is 15.9 Å². The Morgan fingerprint density at radius 1 is 1.22 bits per heavy atom. The van der Waals surface area contributed by atoms with E-state index in [0.29, 0.717) is 44.5 Å². The van der Waals surface area contributed by atoms with Crippen LogP contribution in [0.4, 0.5) is 0 Å². The molecule has 0 unspecified atom stereocenters. The van der Waals surface area contributed by atoms with E-state index in [2.05, 4.69) is 21.3 Å². The van der Waals surface area contributed by atoms with Crippen molar-refractivity contribution < 1.29 is 17.7 Å². The molecule has 1 saturated heterocycles. The molecule has 0 spiro atoms. The molecular formula is C17H23N5O4S. The van der Waals surface area contributed by atoms with E-state index in [1.54, 1.807) is 18.7 Å². The van der Waals surface area contributed by atoms with Crippen LogP contribution in [0.1, 0.15) is 37.1 Å². The van der Waals surface area contributed by atoms with Crippen LogP contribution in [0.2, 0.25) is 0 Å². The topological polar surface area (TPSA) is 108 Å². The minimum Gasteiger partial charge on any atom is -0.360 e. The van der Waals surface area contributed by atoms with Gasteiger partial charge >= 0.3 is 0 Å². The monoisotopic (exact) mass is 393 g/mol. The normalized spacial score (nSPS) is 19.1. The number of rotatable bonds is 7. The molecule has 146 valence electrons. The molecular weight excluding hydrogens is 370 g/mol. The lowest BCUT2D eigenvalue weighted by molar-refractivity contribution is -0.132. The standard InChI is InChI=1S/C17H23N5O4S/c1-4-5-7-17(19-20-17)8-6-15(23)21-9-11-22(12-10-21)27(24,25)16-13(2)18-26-14(16)3/h1H,5-12H2,2-3H3. The minimum absolute atomic E-state index is 0.0123. The Morgan fingerprint density at radius 3 is 2.41 bits per heavy atom. The second-order valence-corrected chi connectivity index (χ2v) is 8.70. The Kier molecular flexibility index (Phi) is 5.35. The number of amides is 1. The molecule has 0 radical (unpaired) electrons. The van der Waals surface area contributed by atoms with E-state index < -0.39 is 15.7 Å². The summed E-state index contributed by atoms with van der Waals surface area (Å²) in [4.78, 5) is 14.3. The second-order valence-electron chi connectivity index (χ2n) is 6.82. The zero-order chi connectivity index (χ0) is 19.7. The van der Waals surface area contributed by atoms with Gasteiger partial charge in [-0.2, -0.15) is 14.5 Å². The average molecular weight is 393 g/mol. The zero-order valence-corrected chi connectivity index (χ0v) is 16.3. The maximum Gasteiger partial charge on any atom is 0.248 e. The number of hydrogen-bond acceptors (Lipinski definition) is 7. The molecule has 2 aliphatic heterocycles. The van der Waals surface area contributed by atoms with Crippen LogP contribution in [0, 0.1) is 26.2 Å². The summed E-state index contributed by atoms with van der Waals surface area (Å²) in [5.74, 6) is 2.83. The summed E-state index contributed by atoms with van der Waals surface area (Å²) in [5.41, 5.74) is -0.128. The number of carbonyl (C=O) groups excluding carboxylic acids is 1. The highest BCUT2D eigenvalue weighted by molar-refractivity contribution is 7.89. The number of nitrogens with zero attached hydrogens (tertiary/aromatic N) is 5. The number of aromatic nitrogens is 1. The number of piperazine rings is 1. The van der Waals surface area contributed by atoms with E-state index in [-0.39, 0.29) is 29.7 Å². The highest BCUT2D eigenvalue weighted by Gasteiger charge is 2.40. The van der Waals surface area contributed by atoms with Crippen LogP contribution in [0.5, 0.6) is 0 Å². The Bertz CT molecular complexity index is 865. The van der Waals surface area contributed by atoms with Crippen molar-refractivity contribution in [3.05, 3.63) is 11.5 Å². The number of hydrogen-bond donors (Lipinski definition) is 0. The van der Waals surface area contributed by atoms with E-state index in [1.165, 1.54) is 4.31 Å². The molecule has 0 aromatic carbocycles. The van der Waals surface area contributed by atoms with Crippen molar-refractivity contribution in [1.82, 2.24) is 14.4 Å². The maximum atomic E-state index is 12.8. The van der Waals surface area contributed by atoms with Gasteiger partial charge in [-0.3, -0.25) is 4.79 Å². The first-order valence-electron chi connectivity index (χ1n) is 8.87. The van der Waals surface area contributed by atoms with Gasteiger partial charge in [-0.05, 0) is 13.8 Å². The molecule has 3 rings (SSSR count). The lowest BCUT2D eigenvalue weighted by atomic mass is 10.0. The van der Waals surface area contributed by atoms with Gasteiger partial charge in [0, 0.05) is 51.9 Å². The molecule has 0 N–H and O–H groups in total. The molecule has 1 aromatic heterocycles. The van der Waals surface area contributed by atoms with Crippen molar-refractivity contribution in [2.24, 2.45) is 10.2 Å². The Balaban J connectivity index is 1.53. The average Bonchev–Trinajstić information content (AvgIpc) is 3.34. The van der Waals surface area contributed by atoms with Crippen LogP contribution in [0.15, 0.2) is 19.6 Å². The molecule has 0 bridgehead atoms. The molecule has 1 amide bonds. The Labute approximate surface area is 158 Å². The molecule has 3 heterocycles. The lowest BCUT2D eigenvalue weighted by Gasteiger charge is -2.34. The second kappa shape index (κ2) is 7.40. The van der Waals surface area contributed by atoms with Gasteiger partial charge in [0.1, 0.15) is 10.6 Å². The van der Waals surface area contributed by atoms with Crippen LogP contribution < -0.4 is 0 Å². The fourth-order valence-electron chi connectivity index (χ4n) is 3.28. The fourth-order valence-corrected chi connectivity index (χ4v) is 5.00. The third-order valence-electron chi connectivity index (χ3n) is 4.95. The summed E-state index contributed by atoms with van der Waals surface area (Å²) in [6.07, 6.45) is 7.39. The predicted octanol–water partition coefficient (Wildman–Crippen LogP) is 1.48. The van der Waals surface area contributed by atoms with Crippen molar-refractivity contribution in [3.8, 4) is 12.3 Å². The number of terminal acetylenes is 1. The Hall–Kier alpha value is -2.25. The molecule has 2 aliphatic rings. The van der Waals surface area contributed by atoms with Gasteiger partial charge in [-0.15, -0.1) is 12.3 Å². The molecule has 1 fully saturated rings. The first-order valence-corrected chi connectivity index (χ1v) is 10.3. The number of sulfonamides is 1. The fraction of sp³-hybridized carbons (Fsp3) is 0.647. The molecule has 0 saturated carbocycles. The van der Waals surface area contributed by atoms with E-state index in [4.69, 9.17) is 10.9 Å². The van der Waals surface area contributed by atoms with Crippen molar-refractivity contribution in [1.29, 1.82) is 0 Å². The highest BCUT2D eigenvalue weighted by Crippen LogP contribution is 2.37. The quantitative estimate of drug-likeness (QED) is 0.652. The smallest absolute Gasteiger partial charge is 0.248 e. The summed E-state index contributed by atoms with van der Waals surface area (Å²) in [6, 6.07) is 0.